The number of fused-ring (bicyclic) bond motifs is 1. The molecule has 3 atom stereocenters. The van der Waals surface area contributed by atoms with Gasteiger partial charge in [0, 0.05) is 21.7 Å². The van der Waals surface area contributed by atoms with E-state index in [0.29, 0.717) is 11.6 Å². The first-order valence-electron chi connectivity index (χ1n) is 8.73. The number of hydrogen-bond donors (Lipinski definition) is 2. The zero-order valence-corrected chi connectivity index (χ0v) is 16.2. The number of thiophene rings is 1. The molecule has 0 aliphatic heterocycles. The van der Waals surface area contributed by atoms with Gasteiger partial charge in [-0.1, -0.05) is 11.6 Å². The molecule has 0 radical (unpaired) electrons. The van der Waals surface area contributed by atoms with Crippen LogP contribution < -0.4 is 10.1 Å². The predicted molar refractivity (Wildman–Crippen MR) is 104 cm³/mol. The first-order valence-corrected chi connectivity index (χ1v) is 9.92. The highest BCUT2D eigenvalue weighted by Crippen LogP contribution is 2.47. The first kappa shape index (κ1) is 17.4. The molecule has 1 saturated carbocycles. The summed E-state index contributed by atoms with van der Waals surface area (Å²) in [4.78, 5) is 21.6. The minimum absolute atomic E-state index is 0.0280. The number of imidazole rings is 1. The molecule has 2 N–H and O–H groups in total. The quantitative estimate of drug-likeness (QED) is 0.644. The van der Waals surface area contributed by atoms with Crippen molar-refractivity contribution in [2.24, 2.45) is 5.92 Å². The van der Waals surface area contributed by atoms with E-state index in [-0.39, 0.29) is 23.8 Å². The highest BCUT2D eigenvalue weighted by Gasteiger charge is 2.46. The maximum Gasteiger partial charge on any atom is 0.224 e. The van der Waals surface area contributed by atoms with E-state index in [4.69, 9.17) is 16.3 Å². The molecule has 7 heteroatoms. The van der Waals surface area contributed by atoms with Crippen LogP contribution in [0.15, 0.2) is 30.3 Å². The van der Waals surface area contributed by atoms with Gasteiger partial charge in [-0.05, 0) is 50.6 Å². The maximum atomic E-state index is 12.6. The highest BCUT2D eigenvalue weighted by atomic mass is 35.5. The van der Waals surface area contributed by atoms with Crippen molar-refractivity contribution in [2.75, 3.05) is 6.61 Å². The fourth-order valence-corrected chi connectivity index (χ4v) is 4.23. The molecule has 2 unspecified atom stereocenters. The summed E-state index contributed by atoms with van der Waals surface area (Å²) >= 11 is 7.59. The molecule has 1 aliphatic rings. The number of carbonyl (C=O) groups is 1. The van der Waals surface area contributed by atoms with Crippen LogP contribution in [0, 0.1) is 5.92 Å². The first-order chi connectivity index (χ1) is 12.5. The van der Waals surface area contributed by atoms with Crippen molar-refractivity contribution in [1.29, 1.82) is 0 Å². The van der Waals surface area contributed by atoms with E-state index in [0.717, 1.165) is 33.2 Å². The number of rotatable bonds is 6. The second-order valence-corrected chi connectivity index (χ2v) is 8.07. The summed E-state index contributed by atoms with van der Waals surface area (Å²) < 4.78 is 5.50. The van der Waals surface area contributed by atoms with Gasteiger partial charge in [0.15, 0.2) is 5.06 Å². The lowest BCUT2D eigenvalue weighted by molar-refractivity contribution is -0.123. The van der Waals surface area contributed by atoms with Gasteiger partial charge in [0.25, 0.3) is 0 Å². The number of halogens is 1. The van der Waals surface area contributed by atoms with Crippen molar-refractivity contribution in [1.82, 2.24) is 15.3 Å². The van der Waals surface area contributed by atoms with Crippen molar-refractivity contribution in [2.45, 2.75) is 32.2 Å². The van der Waals surface area contributed by atoms with E-state index in [1.165, 1.54) is 0 Å². The molecular weight excluding hydrogens is 370 g/mol. The molecule has 1 aliphatic carbocycles. The van der Waals surface area contributed by atoms with Crippen LogP contribution in [0.5, 0.6) is 5.06 Å². The standard InChI is InChI=1S/C19H20ClN3O2S/c1-3-25-17-7-6-16(26-17)10(2)21-19(24)13-9-12(13)18-22-14-5-4-11(20)8-15(14)23-18/h4-8,10,12-13H,3,9H2,1-2H3,(H,21,24)(H,22,23)/t10-,12?,13?/m1/s1. The molecular formula is C19H20ClN3O2S. The minimum atomic E-state index is -0.0302. The van der Waals surface area contributed by atoms with Gasteiger partial charge in [-0.3, -0.25) is 4.79 Å². The van der Waals surface area contributed by atoms with E-state index in [1.54, 1.807) is 11.3 Å². The summed E-state index contributed by atoms with van der Waals surface area (Å²) in [6.07, 6.45) is 0.820. The van der Waals surface area contributed by atoms with Crippen molar-refractivity contribution >= 4 is 39.9 Å². The van der Waals surface area contributed by atoms with Gasteiger partial charge in [-0.2, -0.15) is 0 Å². The Morgan fingerprint density at radius 1 is 1.46 bits per heavy atom. The summed E-state index contributed by atoms with van der Waals surface area (Å²) in [5, 5.41) is 4.67. The van der Waals surface area contributed by atoms with E-state index < -0.39 is 0 Å². The number of aromatic amines is 1. The number of benzene rings is 1. The van der Waals surface area contributed by atoms with Crippen LogP contribution in [0.25, 0.3) is 11.0 Å². The number of carbonyl (C=O) groups excluding carboxylic acids is 1. The summed E-state index contributed by atoms with van der Waals surface area (Å²) in [6, 6.07) is 9.51. The highest BCUT2D eigenvalue weighted by molar-refractivity contribution is 7.13. The second-order valence-electron chi connectivity index (χ2n) is 6.55. The number of ether oxygens (including phenoxy) is 1. The smallest absolute Gasteiger partial charge is 0.224 e. The van der Waals surface area contributed by atoms with Crippen molar-refractivity contribution in [3.63, 3.8) is 0 Å². The number of amides is 1. The number of hydrogen-bond acceptors (Lipinski definition) is 4. The molecule has 4 rings (SSSR count). The summed E-state index contributed by atoms with van der Waals surface area (Å²) in [6.45, 7) is 4.61. The number of nitrogens with one attached hydrogen (secondary N) is 2. The molecule has 2 aromatic heterocycles. The molecule has 1 fully saturated rings. The van der Waals surface area contributed by atoms with Crippen LogP contribution in [-0.2, 0) is 4.79 Å². The van der Waals surface area contributed by atoms with E-state index >= 15 is 0 Å². The summed E-state index contributed by atoms with van der Waals surface area (Å²) in [5.41, 5.74) is 1.79. The summed E-state index contributed by atoms with van der Waals surface area (Å²) in [5.74, 6) is 1.06. The third kappa shape index (κ3) is 3.44. The molecule has 1 amide bonds. The molecule has 5 nitrogen and oxygen atoms in total. The predicted octanol–water partition coefficient (Wildman–Crippen LogP) is 4.66. The van der Waals surface area contributed by atoms with Crippen LogP contribution in [-0.4, -0.2) is 22.5 Å². The molecule has 0 saturated heterocycles. The zero-order chi connectivity index (χ0) is 18.3. The van der Waals surface area contributed by atoms with Crippen molar-refractivity contribution in [3.05, 3.63) is 46.1 Å². The third-order valence-corrected chi connectivity index (χ3v) is 6.03. The van der Waals surface area contributed by atoms with E-state index in [1.807, 2.05) is 44.2 Å². The van der Waals surface area contributed by atoms with Gasteiger partial charge in [0.1, 0.15) is 5.82 Å². The molecule has 2 heterocycles. The Kier molecular flexibility index (Phi) is 4.63. The molecule has 1 aromatic carbocycles. The number of nitrogens with zero attached hydrogens (tertiary/aromatic N) is 1. The Bertz CT molecular complexity index is 951. The van der Waals surface area contributed by atoms with Crippen LogP contribution in [0.3, 0.4) is 0 Å². The van der Waals surface area contributed by atoms with Gasteiger partial charge in [-0.15, -0.1) is 11.3 Å². The van der Waals surface area contributed by atoms with Crippen LogP contribution in [0.2, 0.25) is 5.02 Å². The molecule has 26 heavy (non-hydrogen) atoms. The lowest BCUT2D eigenvalue weighted by atomic mass is 10.2. The van der Waals surface area contributed by atoms with Crippen LogP contribution >= 0.6 is 22.9 Å². The van der Waals surface area contributed by atoms with Crippen LogP contribution in [0.4, 0.5) is 0 Å². The topological polar surface area (TPSA) is 67.0 Å². The molecule has 3 aromatic rings. The summed E-state index contributed by atoms with van der Waals surface area (Å²) in [7, 11) is 0. The fourth-order valence-electron chi connectivity index (χ4n) is 3.14. The fraction of sp³-hybridized carbons (Fsp3) is 0.368. The largest absolute Gasteiger partial charge is 0.484 e. The van der Waals surface area contributed by atoms with Crippen LogP contribution in [0.1, 0.15) is 42.9 Å². The SMILES string of the molecule is CCOc1ccc([C@@H](C)NC(=O)C2CC2c2nc3ccc(Cl)cc3[nH]2)s1. The maximum absolute atomic E-state index is 12.6. The Morgan fingerprint density at radius 2 is 2.31 bits per heavy atom. The monoisotopic (exact) mass is 389 g/mol. The normalized spacial score (nSPS) is 20.1. The van der Waals surface area contributed by atoms with Gasteiger partial charge in [0.2, 0.25) is 5.91 Å². The molecule has 0 spiro atoms. The van der Waals surface area contributed by atoms with Gasteiger partial charge < -0.3 is 15.0 Å². The van der Waals surface area contributed by atoms with Crippen molar-refractivity contribution in [3.8, 4) is 5.06 Å². The molecule has 0 bridgehead atoms. The van der Waals surface area contributed by atoms with Gasteiger partial charge >= 0.3 is 0 Å². The minimum Gasteiger partial charge on any atom is -0.484 e. The molecule has 136 valence electrons. The van der Waals surface area contributed by atoms with E-state index in [2.05, 4.69) is 15.3 Å². The van der Waals surface area contributed by atoms with E-state index in [9.17, 15) is 4.79 Å². The average molecular weight is 390 g/mol. The third-order valence-electron chi connectivity index (χ3n) is 4.61. The lowest BCUT2D eigenvalue weighted by Gasteiger charge is -2.12. The lowest BCUT2D eigenvalue weighted by Crippen LogP contribution is -2.28. The number of aromatic nitrogens is 2. The Morgan fingerprint density at radius 3 is 3.12 bits per heavy atom. The number of H-pyrrole nitrogens is 1. The Labute approximate surface area is 160 Å². The van der Waals surface area contributed by atoms with Crippen molar-refractivity contribution < 1.29 is 9.53 Å². The Balaban J connectivity index is 1.39. The Hall–Kier alpha value is -2.05. The average Bonchev–Trinajstić information content (AvgIpc) is 3.08. The zero-order valence-electron chi connectivity index (χ0n) is 14.6. The second kappa shape index (κ2) is 6.93. The van der Waals surface area contributed by atoms with Gasteiger partial charge in [-0.25, -0.2) is 4.98 Å². The van der Waals surface area contributed by atoms with Gasteiger partial charge in [0.05, 0.1) is 23.7 Å².